The molecule has 2 aliphatic rings. The van der Waals surface area contributed by atoms with Crippen molar-refractivity contribution in [2.45, 2.75) is 55.3 Å². The van der Waals surface area contributed by atoms with Crippen molar-refractivity contribution in [3.8, 4) is 5.75 Å². The van der Waals surface area contributed by atoms with Crippen molar-refractivity contribution in [3.63, 3.8) is 0 Å². The molecule has 0 amide bonds. The van der Waals surface area contributed by atoms with Crippen LogP contribution in [0.5, 0.6) is 5.75 Å². The third-order valence-corrected chi connectivity index (χ3v) is 5.33. The summed E-state index contributed by atoms with van der Waals surface area (Å²) in [6, 6.07) is 7.33. The lowest BCUT2D eigenvalue weighted by molar-refractivity contribution is -0.319. The van der Waals surface area contributed by atoms with Crippen LogP contribution in [0.1, 0.15) is 5.56 Å². The summed E-state index contributed by atoms with van der Waals surface area (Å²) in [5, 5.41) is 59.6. The highest BCUT2D eigenvalue weighted by Gasteiger charge is 2.45. The van der Waals surface area contributed by atoms with E-state index in [1.807, 2.05) is 24.3 Å². The second kappa shape index (κ2) is 11.5. The van der Waals surface area contributed by atoms with E-state index in [9.17, 15) is 30.6 Å². The van der Waals surface area contributed by atoms with E-state index in [0.717, 1.165) is 11.3 Å². The third kappa shape index (κ3) is 6.02. The van der Waals surface area contributed by atoms with E-state index in [2.05, 4.69) is 0 Å². The first kappa shape index (κ1) is 25.0. The number of hydrogen-bond donors (Lipinski definition) is 6. The van der Waals surface area contributed by atoms with E-state index in [4.69, 9.17) is 23.7 Å². The highest BCUT2D eigenvalue weighted by atomic mass is 16.7. The monoisotopic (exact) mass is 458 g/mol. The van der Waals surface area contributed by atoms with Gasteiger partial charge in [0, 0.05) is 0 Å². The summed E-state index contributed by atoms with van der Waals surface area (Å²) in [7, 11) is 1.58. The van der Waals surface area contributed by atoms with Crippen molar-refractivity contribution < 1.29 is 54.3 Å². The maximum absolute atomic E-state index is 10.2. The number of benzene rings is 1. The lowest BCUT2D eigenvalue weighted by Gasteiger charge is -2.41. The zero-order chi connectivity index (χ0) is 23.3. The zero-order valence-electron chi connectivity index (χ0n) is 17.5. The number of methoxy groups -OCH3 is 1. The van der Waals surface area contributed by atoms with Gasteiger partial charge in [-0.1, -0.05) is 24.3 Å². The van der Waals surface area contributed by atoms with E-state index in [-0.39, 0.29) is 19.8 Å². The molecule has 0 aliphatic carbocycles. The van der Waals surface area contributed by atoms with Gasteiger partial charge in [0.05, 0.1) is 26.9 Å². The standard InChI is InChI=1S/C21H30O11/c1-28-12-6-4-11(5-7-12)3-2-8-29-21-19(27)17(25)16(24)14(32-21)10-31-20-18(26)15(23)13(22)9-30-20/h2-7,13-27H,8-10H2,1H3/b3-2+/t13-,14-,15+,16-,17+,18-,19-,20+,21-/m1/s1. The van der Waals surface area contributed by atoms with Crippen molar-refractivity contribution in [2.75, 3.05) is 26.9 Å². The number of hydrogen-bond acceptors (Lipinski definition) is 11. The molecule has 0 aromatic heterocycles. The lowest BCUT2D eigenvalue weighted by atomic mass is 9.99. The number of aliphatic hydroxyl groups excluding tert-OH is 6. The molecule has 2 heterocycles. The topological polar surface area (TPSA) is 168 Å². The summed E-state index contributed by atoms with van der Waals surface area (Å²) in [6.45, 7) is -0.527. The van der Waals surface area contributed by atoms with Crippen molar-refractivity contribution in [1.82, 2.24) is 0 Å². The second-order valence-electron chi connectivity index (χ2n) is 7.61. The molecule has 2 saturated heterocycles. The molecule has 6 N–H and O–H groups in total. The predicted octanol–water partition coefficient (Wildman–Crippen LogP) is -2.01. The highest BCUT2D eigenvalue weighted by Crippen LogP contribution is 2.24. The van der Waals surface area contributed by atoms with Gasteiger partial charge in [-0.25, -0.2) is 0 Å². The van der Waals surface area contributed by atoms with Crippen LogP contribution >= 0.6 is 0 Å². The maximum atomic E-state index is 10.2. The summed E-state index contributed by atoms with van der Waals surface area (Å²) in [5.74, 6) is 0.731. The minimum Gasteiger partial charge on any atom is -0.497 e. The molecule has 0 spiro atoms. The van der Waals surface area contributed by atoms with Crippen LogP contribution in [0.15, 0.2) is 30.3 Å². The molecule has 3 rings (SSSR count). The molecule has 0 unspecified atom stereocenters. The van der Waals surface area contributed by atoms with Crippen LogP contribution in [0.3, 0.4) is 0 Å². The Bertz CT molecular complexity index is 727. The number of aliphatic hydroxyl groups is 6. The van der Waals surface area contributed by atoms with Crippen LogP contribution in [0, 0.1) is 0 Å². The molecule has 1 aromatic rings. The van der Waals surface area contributed by atoms with Crippen LogP contribution in [0.2, 0.25) is 0 Å². The Morgan fingerprint density at radius 3 is 2.25 bits per heavy atom. The first-order chi connectivity index (χ1) is 15.3. The molecule has 0 radical (unpaired) electrons. The Labute approximate surface area is 185 Å². The van der Waals surface area contributed by atoms with Gasteiger partial charge in [-0.15, -0.1) is 0 Å². The summed E-state index contributed by atoms with van der Waals surface area (Å²) < 4.78 is 26.6. The van der Waals surface area contributed by atoms with Crippen molar-refractivity contribution >= 4 is 6.08 Å². The molecule has 9 atom stereocenters. The summed E-state index contributed by atoms with van der Waals surface area (Å²) in [4.78, 5) is 0. The molecular formula is C21H30O11. The number of ether oxygens (including phenoxy) is 5. The van der Waals surface area contributed by atoms with Gasteiger partial charge < -0.3 is 54.3 Å². The van der Waals surface area contributed by atoms with Crippen LogP contribution in [-0.4, -0.2) is 113 Å². The van der Waals surface area contributed by atoms with E-state index >= 15 is 0 Å². The predicted molar refractivity (Wildman–Crippen MR) is 108 cm³/mol. The Hall–Kier alpha value is -1.64. The Kier molecular flexibility index (Phi) is 8.96. The van der Waals surface area contributed by atoms with Gasteiger partial charge >= 0.3 is 0 Å². The van der Waals surface area contributed by atoms with Crippen molar-refractivity contribution in [3.05, 3.63) is 35.9 Å². The average Bonchev–Trinajstić information content (AvgIpc) is 2.80. The Balaban J connectivity index is 1.51. The molecule has 11 heteroatoms. The Morgan fingerprint density at radius 1 is 0.875 bits per heavy atom. The summed E-state index contributed by atoms with van der Waals surface area (Å²) >= 11 is 0. The van der Waals surface area contributed by atoms with Gasteiger partial charge in [0.2, 0.25) is 0 Å². The molecule has 0 bridgehead atoms. The van der Waals surface area contributed by atoms with E-state index < -0.39 is 55.3 Å². The Morgan fingerprint density at radius 2 is 1.56 bits per heavy atom. The van der Waals surface area contributed by atoms with Crippen LogP contribution < -0.4 is 4.74 Å². The molecule has 1 aromatic carbocycles. The smallest absolute Gasteiger partial charge is 0.187 e. The molecule has 2 aliphatic heterocycles. The first-order valence-electron chi connectivity index (χ1n) is 10.2. The first-order valence-corrected chi connectivity index (χ1v) is 10.2. The van der Waals surface area contributed by atoms with Gasteiger partial charge in [0.1, 0.15) is 48.5 Å². The van der Waals surface area contributed by atoms with Crippen LogP contribution in [-0.2, 0) is 18.9 Å². The summed E-state index contributed by atoms with van der Waals surface area (Å²) in [5.41, 5.74) is 0.902. The molecule has 32 heavy (non-hydrogen) atoms. The highest BCUT2D eigenvalue weighted by molar-refractivity contribution is 5.50. The molecular weight excluding hydrogens is 428 g/mol. The van der Waals surface area contributed by atoms with Gasteiger partial charge in [0.25, 0.3) is 0 Å². The molecule has 2 fully saturated rings. The van der Waals surface area contributed by atoms with E-state index in [0.29, 0.717) is 0 Å². The van der Waals surface area contributed by atoms with E-state index in [1.165, 1.54) is 0 Å². The fraction of sp³-hybridized carbons (Fsp3) is 0.619. The van der Waals surface area contributed by atoms with Gasteiger partial charge in [-0.3, -0.25) is 0 Å². The van der Waals surface area contributed by atoms with Crippen molar-refractivity contribution in [2.24, 2.45) is 0 Å². The quantitative estimate of drug-likeness (QED) is 0.255. The van der Waals surface area contributed by atoms with E-state index in [1.54, 1.807) is 19.3 Å². The fourth-order valence-electron chi connectivity index (χ4n) is 3.36. The van der Waals surface area contributed by atoms with Crippen molar-refractivity contribution in [1.29, 1.82) is 0 Å². The largest absolute Gasteiger partial charge is 0.497 e. The molecule has 0 saturated carbocycles. The minimum atomic E-state index is -1.56. The summed E-state index contributed by atoms with van der Waals surface area (Å²) in [6.07, 6.45) is -8.88. The zero-order valence-corrected chi connectivity index (χ0v) is 17.5. The molecule has 180 valence electrons. The average molecular weight is 458 g/mol. The lowest BCUT2D eigenvalue weighted by Crippen LogP contribution is -2.60. The normalized spacial score (nSPS) is 38.2. The van der Waals surface area contributed by atoms with Crippen LogP contribution in [0.25, 0.3) is 6.08 Å². The molecule has 11 nitrogen and oxygen atoms in total. The second-order valence-corrected chi connectivity index (χ2v) is 7.61. The number of rotatable bonds is 8. The van der Waals surface area contributed by atoms with Gasteiger partial charge in [-0.05, 0) is 17.7 Å². The maximum Gasteiger partial charge on any atom is 0.187 e. The minimum absolute atomic E-state index is 0.0542. The van der Waals surface area contributed by atoms with Gasteiger partial charge in [0.15, 0.2) is 12.6 Å². The van der Waals surface area contributed by atoms with Crippen LogP contribution in [0.4, 0.5) is 0 Å². The fourth-order valence-corrected chi connectivity index (χ4v) is 3.36. The van der Waals surface area contributed by atoms with Gasteiger partial charge in [-0.2, -0.15) is 0 Å². The third-order valence-electron chi connectivity index (χ3n) is 5.33. The SMILES string of the molecule is COc1ccc(/C=C/CO[C@@H]2O[C@H](CO[C@@H]3OC[C@@H](O)[C@H](O)[C@H]3O)[C@@H](O)[C@H](O)[C@H]2O)cc1.